The van der Waals surface area contributed by atoms with Crippen LogP contribution in [0.2, 0.25) is 0 Å². The van der Waals surface area contributed by atoms with Crippen LogP contribution in [0.4, 0.5) is 4.39 Å². The van der Waals surface area contributed by atoms with Crippen molar-refractivity contribution in [3.05, 3.63) is 77.2 Å². The number of nitrogens with one attached hydrogen (secondary N) is 1. The fourth-order valence-corrected chi connectivity index (χ4v) is 1.94. The average molecular weight is 266 g/mol. The first-order valence-electron chi connectivity index (χ1n) is 6.16. The number of hydrogen-bond acceptors (Lipinski definition) is 2. The SMILES string of the molecule is O=C1NC(c2ccccc2)=N/C1=C\c1ccccc1F. The van der Waals surface area contributed by atoms with Crippen molar-refractivity contribution in [1.82, 2.24) is 5.32 Å². The summed E-state index contributed by atoms with van der Waals surface area (Å²) in [6, 6.07) is 15.6. The number of hydrogen-bond donors (Lipinski definition) is 1. The molecule has 3 nitrogen and oxygen atoms in total. The van der Waals surface area contributed by atoms with E-state index in [2.05, 4.69) is 10.3 Å². The van der Waals surface area contributed by atoms with Crippen molar-refractivity contribution in [3.63, 3.8) is 0 Å². The zero-order chi connectivity index (χ0) is 13.9. The van der Waals surface area contributed by atoms with Gasteiger partial charge < -0.3 is 5.32 Å². The minimum absolute atomic E-state index is 0.203. The topological polar surface area (TPSA) is 41.5 Å². The highest BCUT2D eigenvalue weighted by Gasteiger charge is 2.21. The first-order chi connectivity index (χ1) is 9.74. The number of carbonyl (C=O) groups excluding carboxylic acids is 1. The average Bonchev–Trinajstić information content (AvgIpc) is 2.84. The van der Waals surface area contributed by atoms with E-state index in [-0.39, 0.29) is 17.4 Å². The third kappa shape index (κ3) is 2.36. The summed E-state index contributed by atoms with van der Waals surface area (Å²) in [6.45, 7) is 0. The van der Waals surface area contributed by atoms with Crippen LogP contribution in [0.25, 0.3) is 6.08 Å². The number of aliphatic imine (C=N–C) groups is 1. The van der Waals surface area contributed by atoms with Crippen molar-refractivity contribution in [3.8, 4) is 0 Å². The van der Waals surface area contributed by atoms with Gasteiger partial charge >= 0.3 is 0 Å². The van der Waals surface area contributed by atoms with Gasteiger partial charge in [0.25, 0.3) is 5.91 Å². The van der Waals surface area contributed by atoms with E-state index in [0.29, 0.717) is 11.4 Å². The van der Waals surface area contributed by atoms with Gasteiger partial charge in [-0.2, -0.15) is 0 Å². The highest BCUT2D eigenvalue weighted by atomic mass is 19.1. The fourth-order valence-electron chi connectivity index (χ4n) is 1.94. The number of nitrogens with zero attached hydrogens (tertiary/aromatic N) is 1. The summed E-state index contributed by atoms with van der Waals surface area (Å²) >= 11 is 0. The molecule has 1 amide bonds. The maximum absolute atomic E-state index is 13.6. The van der Waals surface area contributed by atoms with Crippen LogP contribution in [0.3, 0.4) is 0 Å². The van der Waals surface area contributed by atoms with Gasteiger partial charge in [-0.1, -0.05) is 48.5 Å². The monoisotopic (exact) mass is 266 g/mol. The summed E-state index contributed by atoms with van der Waals surface area (Å²) < 4.78 is 13.6. The van der Waals surface area contributed by atoms with Crippen LogP contribution in [0.1, 0.15) is 11.1 Å². The quantitative estimate of drug-likeness (QED) is 0.834. The molecule has 1 aliphatic rings. The number of rotatable bonds is 2. The standard InChI is InChI=1S/C16H11FN2O/c17-13-9-5-4-8-12(13)10-14-16(20)19-15(18-14)11-6-2-1-3-7-11/h1-10H,(H,18,19,20)/b14-10-. The van der Waals surface area contributed by atoms with E-state index in [1.165, 1.54) is 12.1 Å². The molecule has 0 fully saturated rings. The van der Waals surface area contributed by atoms with Crippen molar-refractivity contribution in [2.75, 3.05) is 0 Å². The summed E-state index contributed by atoms with van der Waals surface area (Å²) in [7, 11) is 0. The Balaban J connectivity index is 1.97. The van der Waals surface area contributed by atoms with Gasteiger partial charge in [0.05, 0.1) is 0 Å². The second-order valence-corrected chi connectivity index (χ2v) is 4.33. The molecule has 0 aromatic heterocycles. The summed E-state index contributed by atoms with van der Waals surface area (Å²) in [5.74, 6) is -0.221. The summed E-state index contributed by atoms with van der Waals surface area (Å²) in [4.78, 5) is 16.1. The van der Waals surface area contributed by atoms with Gasteiger partial charge in [0.15, 0.2) is 0 Å². The second kappa shape index (κ2) is 5.09. The normalized spacial score (nSPS) is 16.1. The molecule has 2 aromatic rings. The Morgan fingerprint density at radius 3 is 2.45 bits per heavy atom. The predicted molar refractivity (Wildman–Crippen MR) is 75.5 cm³/mol. The third-order valence-corrected chi connectivity index (χ3v) is 2.94. The van der Waals surface area contributed by atoms with Crippen molar-refractivity contribution in [2.24, 2.45) is 4.99 Å². The van der Waals surface area contributed by atoms with E-state index in [9.17, 15) is 9.18 Å². The van der Waals surface area contributed by atoms with Crippen molar-refractivity contribution >= 4 is 17.8 Å². The second-order valence-electron chi connectivity index (χ2n) is 4.33. The number of carbonyl (C=O) groups is 1. The van der Waals surface area contributed by atoms with Crippen LogP contribution >= 0.6 is 0 Å². The van der Waals surface area contributed by atoms with Crippen molar-refractivity contribution in [2.45, 2.75) is 0 Å². The number of halogens is 1. The molecule has 1 N–H and O–H groups in total. The van der Waals surface area contributed by atoms with Gasteiger partial charge in [-0.3, -0.25) is 4.79 Å². The van der Waals surface area contributed by atoms with Crippen LogP contribution in [0, 0.1) is 5.82 Å². The number of amides is 1. The molecule has 0 aliphatic carbocycles. The van der Waals surface area contributed by atoms with Gasteiger partial charge in [-0.05, 0) is 12.1 Å². The molecule has 1 heterocycles. The van der Waals surface area contributed by atoms with Gasteiger partial charge in [0.2, 0.25) is 0 Å². The van der Waals surface area contributed by atoms with E-state index in [0.717, 1.165) is 5.56 Å². The molecule has 0 atom stereocenters. The Kier molecular flexibility index (Phi) is 3.13. The van der Waals surface area contributed by atoms with E-state index >= 15 is 0 Å². The van der Waals surface area contributed by atoms with Gasteiger partial charge in [0.1, 0.15) is 17.3 Å². The van der Waals surface area contributed by atoms with E-state index in [4.69, 9.17) is 0 Å². The van der Waals surface area contributed by atoms with E-state index in [1.54, 1.807) is 18.2 Å². The first kappa shape index (κ1) is 12.3. The molecule has 4 heteroatoms. The lowest BCUT2D eigenvalue weighted by atomic mass is 10.2. The zero-order valence-electron chi connectivity index (χ0n) is 10.5. The first-order valence-corrected chi connectivity index (χ1v) is 6.16. The Bertz CT molecular complexity index is 720. The number of amidine groups is 1. The molecular weight excluding hydrogens is 255 g/mol. The maximum atomic E-state index is 13.6. The van der Waals surface area contributed by atoms with Crippen molar-refractivity contribution in [1.29, 1.82) is 0 Å². The highest BCUT2D eigenvalue weighted by Crippen LogP contribution is 2.16. The van der Waals surface area contributed by atoms with Crippen LogP contribution in [0.5, 0.6) is 0 Å². The molecule has 0 saturated heterocycles. The zero-order valence-corrected chi connectivity index (χ0v) is 10.5. The summed E-state index contributed by atoms with van der Waals surface area (Å²) in [5, 5.41) is 2.68. The molecule has 20 heavy (non-hydrogen) atoms. The largest absolute Gasteiger partial charge is 0.305 e. The molecule has 0 spiro atoms. The Morgan fingerprint density at radius 2 is 1.70 bits per heavy atom. The van der Waals surface area contributed by atoms with Gasteiger partial charge in [-0.25, -0.2) is 9.38 Å². The summed E-state index contributed by atoms with van der Waals surface area (Å²) in [5.41, 5.74) is 1.36. The molecule has 3 rings (SSSR count). The lowest BCUT2D eigenvalue weighted by molar-refractivity contribution is -0.115. The fraction of sp³-hybridized carbons (Fsp3) is 0. The third-order valence-electron chi connectivity index (χ3n) is 2.94. The molecule has 0 unspecified atom stereocenters. The molecule has 1 aliphatic heterocycles. The predicted octanol–water partition coefficient (Wildman–Crippen LogP) is 2.74. The van der Waals surface area contributed by atoms with Crippen LogP contribution in [-0.4, -0.2) is 11.7 Å². The van der Waals surface area contributed by atoms with E-state index in [1.807, 2.05) is 30.3 Å². The van der Waals surface area contributed by atoms with Gasteiger partial charge in [-0.15, -0.1) is 0 Å². The van der Waals surface area contributed by atoms with Crippen LogP contribution in [-0.2, 0) is 4.79 Å². The lowest BCUT2D eigenvalue weighted by Gasteiger charge is -1.98. The summed E-state index contributed by atoms with van der Waals surface area (Å²) in [6.07, 6.45) is 1.45. The maximum Gasteiger partial charge on any atom is 0.275 e. The smallest absolute Gasteiger partial charge is 0.275 e. The molecule has 2 aromatic carbocycles. The van der Waals surface area contributed by atoms with Crippen LogP contribution < -0.4 is 5.32 Å². The minimum Gasteiger partial charge on any atom is -0.305 e. The molecule has 0 radical (unpaired) electrons. The minimum atomic E-state index is -0.379. The Hall–Kier alpha value is -2.75. The van der Waals surface area contributed by atoms with Gasteiger partial charge in [0, 0.05) is 11.1 Å². The lowest BCUT2D eigenvalue weighted by Crippen LogP contribution is -2.24. The number of benzene rings is 2. The Labute approximate surface area is 115 Å². The van der Waals surface area contributed by atoms with Crippen molar-refractivity contribution < 1.29 is 9.18 Å². The Morgan fingerprint density at radius 1 is 1.00 bits per heavy atom. The van der Waals surface area contributed by atoms with E-state index < -0.39 is 0 Å². The molecule has 0 saturated carbocycles. The van der Waals surface area contributed by atoms with Crippen LogP contribution in [0.15, 0.2) is 65.3 Å². The molecular formula is C16H11FN2O. The molecule has 98 valence electrons. The highest BCUT2D eigenvalue weighted by molar-refractivity contribution is 6.19. The molecule has 0 bridgehead atoms.